The number of carbonyl (C=O) groups is 2. The number of nitrogens with zero attached hydrogens (tertiary/aromatic N) is 1. The van der Waals surface area contributed by atoms with Gasteiger partial charge in [-0.25, -0.2) is 0 Å². The van der Waals surface area contributed by atoms with E-state index in [1.807, 2.05) is 21.1 Å². The fourth-order valence-corrected chi connectivity index (χ4v) is 12.2. The summed E-state index contributed by atoms with van der Waals surface area (Å²) in [6, 6.07) is 0. The molecule has 0 aliphatic heterocycles. The standard InChI is InChI=1S/C88H154NO8P/c1-6-8-10-12-14-16-18-20-22-24-26-28-30-32-34-36-38-40-41-42-43-44-45-46-47-49-51-53-55-57-59-61-63-65-67-69-71-73-75-77-79-81-88(91)97-86(85-96-98(92,93)95-83-82-89(3,4)5)84-94-87(90)80-78-76-74-72-70-68-66-64-62-60-58-56-54-52-50-48-39-37-35-33-31-29-27-25-23-21-19-17-15-13-11-9-7-2/h8,10,14,16,19-22,25-28,32,34,38,40,42-43,45-46,49,51,86H,6-7,9,11-13,15,17-18,23-24,29-31,33,35-37,39,41,44,47-48,50,52-85H2,1-5H3/b10-8-,16-14-,21-19-,22-20-,27-25-,28-26-,34-32-,40-38-,43-42-,46-45-,51-49-. The predicted molar refractivity (Wildman–Crippen MR) is 424 cm³/mol. The molecule has 0 saturated carbocycles. The molecule has 0 rings (SSSR count). The Morgan fingerprint density at radius 2 is 0.582 bits per heavy atom. The molecule has 0 aliphatic carbocycles. The number of quaternary nitrogens is 1. The van der Waals surface area contributed by atoms with Gasteiger partial charge in [-0.05, 0) is 116 Å². The number of hydrogen-bond acceptors (Lipinski definition) is 8. The van der Waals surface area contributed by atoms with Gasteiger partial charge >= 0.3 is 11.9 Å². The van der Waals surface area contributed by atoms with Crippen LogP contribution in [0.1, 0.15) is 361 Å². The molecule has 0 fully saturated rings. The summed E-state index contributed by atoms with van der Waals surface area (Å²) in [6.45, 7) is 4.15. The molecule has 0 aromatic heterocycles. The molecule has 98 heavy (non-hydrogen) atoms. The van der Waals surface area contributed by atoms with Gasteiger partial charge in [0.25, 0.3) is 7.82 Å². The number of allylic oxidation sites excluding steroid dienone is 22. The molecule has 0 N–H and O–H groups in total. The maximum Gasteiger partial charge on any atom is 0.306 e. The van der Waals surface area contributed by atoms with Crippen LogP contribution in [0.5, 0.6) is 0 Å². The van der Waals surface area contributed by atoms with Gasteiger partial charge in [-0.15, -0.1) is 0 Å². The molecule has 0 aromatic rings. The van der Waals surface area contributed by atoms with E-state index in [9.17, 15) is 19.0 Å². The number of carbonyl (C=O) groups excluding carboxylic acids is 2. The van der Waals surface area contributed by atoms with E-state index in [0.717, 1.165) is 103 Å². The van der Waals surface area contributed by atoms with Crippen LogP contribution in [0.2, 0.25) is 0 Å². The Bertz CT molecular complexity index is 2120. The van der Waals surface area contributed by atoms with E-state index < -0.39 is 26.5 Å². The minimum Gasteiger partial charge on any atom is -0.756 e. The Balaban J connectivity index is 3.98. The predicted octanol–water partition coefficient (Wildman–Crippen LogP) is 26.9. The van der Waals surface area contributed by atoms with Gasteiger partial charge < -0.3 is 27.9 Å². The summed E-state index contributed by atoms with van der Waals surface area (Å²) >= 11 is 0. The molecule has 0 radical (unpaired) electrons. The second-order valence-electron chi connectivity index (χ2n) is 28.4. The van der Waals surface area contributed by atoms with Crippen LogP contribution >= 0.6 is 7.82 Å². The monoisotopic (exact) mass is 1380 g/mol. The Hall–Kier alpha value is -3.85. The van der Waals surface area contributed by atoms with E-state index in [2.05, 4.69) is 148 Å². The molecule has 0 bridgehead atoms. The summed E-state index contributed by atoms with van der Waals surface area (Å²) in [7, 11) is 1.17. The first-order valence-electron chi connectivity index (χ1n) is 40.9. The quantitative estimate of drug-likeness (QED) is 0.0195. The number of rotatable bonds is 75. The highest BCUT2D eigenvalue weighted by molar-refractivity contribution is 7.45. The number of unbranched alkanes of at least 4 members (excludes halogenated alkanes) is 39. The second kappa shape index (κ2) is 77.3. The normalized spacial score (nSPS) is 13.7. The molecule has 2 unspecified atom stereocenters. The third-order valence-corrected chi connectivity index (χ3v) is 18.6. The van der Waals surface area contributed by atoms with Crippen molar-refractivity contribution in [3.05, 3.63) is 134 Å². The van der Waals surface area contributed by atoms with Crippen LogP contribution < -0.4 is 4.89 Å². The van der Waals surface area contributed by atoms with Crippen molar-refractivity contribution in [2.45, 2.75) is 367 Å². The van der Waals surface area contributed by atoms with Crippen LogP contribution in [0.3, 0.4) is 0 Å². The average molecular weight is 1390 g/mol. The molecule has 0 aliphatic rings. The van der Waals surface area contributed by atoms with Crippen LogP contribution in [-0.4, -0.2) is 70.0 Å². The van der Waals surface area contributed by atoms with E-state index in [-0.39, 0.29) is 32.0 Å². The zero-order valence-electron chi connectivity index (χ0n) is 64.5. The Kier molecular flexibility index (Phi) is 74.3. The molecule has 0 spiro atoms. The van der Waals surface area contributed by atoms with Gasteiger partial charge in [0.2, 0.25) is 0 Å². The Labute approximate surface area is 606 Å². The second-order valence-corrected chi connectivity index (χ2v) is 29.8. The summed E-state index contributed by atoms with van der Waals surface area (Å²) < 4.78 is 34.4. The number of esters is 2. The smallest absolute Gasteiger partial charge is 0.306 e. The third kappa shape index (κ3) is 81.1. The van der Waals surface area contributed by atoms with Crippen LogP contribution in [0.15, 0.2) is 134 Å². The first kappa shape index (κ1) is 94.2. The minimum atomic E-state index is -4.65. The summed E-state index contributed by atoms with van der Waals surface area (Å²) in [5, 5.41) is 0. The van der Waals surface area contributed by atoms with Gasteiger partial charge in [0.15, 0.2) is 6.10 Å². The summed E-state index contributed by atoms with van der Waals surface area (Å²) in [4.78, 5) is 38.2. The Morgan fingerprint density at radius 3 is 0.867 bits per heavy atom. The molecule has 0 saturated heterocycles. The zero-order chi connectivity index (χ0) is 71.1. The largest absolute Gasteiger partial charge is 0.756 e. The lowest BCUT2D eigenvalue weighted by molar-refractivity contribution is -0.870. The average Bonchev–Trinajstić information content (AvgIpc) is 1.08. The molecule has 0 aromatic carbocycles. The number of phosphoric ester groups is 1. The molecular formula is C88H154NO8P. The molecule has 10 heteroatoms. The lowest BCUT2D eigenvalue weighted by Crippen LogP contribution is -2.37. The minimum absolute atomic E-state index is 0.0340. The maximum atomic E-state index is 12.9. The lowest BCUT2D eigenvalue weighted by atomic mass is 10.0. The SMILES string of the molecule is CC/C=C\C/C=C\C/C=C\C/C=C\C/C=C\C/C=C\C/C=C\C/C=C\C/C=C\CCCCCCCCCCCCCCCC(=O)OC(COC(=O)CCCCCCCCCCCCCCCCCCCCCCC/C=C\C/C=C\CCCCCCC)COP(=O)([O-])OCC[N+](C)(C)C. The Morgan fingerprint density at radius 1 is 0.327 bits per heavy atom. The van der Waals surface area contributed by atoms with Crippen molar-refractivity contribution in [1.82, 2.24) is 0 Å². The van der Waals surface area contributed by atoms with Crippen molar-refractivity contribution in [3.63, 3.8) is 0 Å². The van der Waals surface area contributed by atoms with Crippen molar-refractivity contribution in [1.29, 1.82) is 0 Å². The van der Waals surface area contributed by atoms with Crippen molar-refractivity contribution in [2.75, 3.05) is 47.5 Å². The summed E-state index contributed by atoms with van der Waals surface area (Å²) in [6.07, 6.45) is 113. The first-order valence-corrected chi connectivity index (χ1v) is 42.4. The van der Waals surface area contributed by atoms with Gasteiger partial charge in [0.1, 0.15) is 19.8 Å². The molecule has 2 atom stereocenters. The van der Waals surface area contributed by atoms with Crippen molar-refractivity contribution in [2.24, 2.45) is 0 Å². The van der Waals surface area contributed by atoms with Crippen molar-refractivity contribution in [3.8, 4) is 0 Å². The van der Waals surface area contributed by atoms with Gasteiger partial charge in [-0.3, -0.25) is 14.2 Å². The van der Waals surface area contributed by atoms with Crippen LogP contribution in [0.25, 0.3) is 0 Å². The molecule has 564 valence electrons. The van der Waals surface area contributed by atoms with E-state index in [1.54, 1.807) is 0 Å². The highest BCUT2D eigenvalue weighted by atomic mass is 31.2. The number of hydrogen-bond donors (Lipinski definition) is 0. The molecule has 0 heterocycles. The van der Waals surface area contributed by atoms with E-state index in [1.165, 1.54) is 225 Å². The number of ether oxygens (including phenoxy) is 2. The molecule has 0 amide bonds. The van der Waals surface area contributed by atoms with Gasteiger partial charge in [-0.2, -0.15) is 0 Å². The number of likely N-dealkylation sites (N-methyl/N-ethyl adjacent to an activating group) is 1. The van der Waals surface area contributed by atoms with Crippen LogP contribution in [-0.2, 0) is 32.7 Å². The molecular weight excluding hydrogens is 1230 g/mol. The number of phosphoric acid groups is 1. The van der Waals surface area contributed by atoms with Crippen molar-refractivity contribution < 1.29 is 42.1 Å². The summed E-state index contributed by atoms with van der Waals surface area (Å²) in [5.74, 6) is -0.825. The summed E-state index contributed by atoms with van der Waals surface area (Å²) in [5.41, 5.74) is 0. The van der Waals surface area contributed by atoms with Gasteiger partial charge in [0.05, 0.1) is 27.7 Å². The first-order chi connectivity index (χ1) is 48.0. The third-order valence-electron chi connectivity index (χ3n) is 17.7. The van der Waals surface area contributed by atoms with Gasteiger partial charge in [0, 0.05) is 12.8 Å². The molecule has 9 nitrogen and oxygen atoms in total. The highest BCUT2D eigenvalue weighted by Crippen LogP contribution is 2.38. The fourth-order valence-electron chi connectivity index (χ4n) is 11.4. The van der Waals surface area contributed by atoms with Crippen molar-refractivity contribution >= 4 is 19.8 Å². The highest BCUT2D eigenvalue weighted by Gasteiger charge is 2.22. The topological polar surface area (TPSA) is 111 Å². The van der Waals surface area contributed by atoms with Crippen LogP contribution in [0.4, 0.5) is 0 Å². The van der Waals surface area contributed by atoms with E-state index in [4.69, 9.17) is 18.5 Å². The van der Waals surface area contributed by atoms with Crippen LogP contribution in [0, 0.1) is 0 Å². The lowest BCUT2D eigenvalue weighted by Gasteiger charge is -2.28. The van der Waals surface area contributed by atoms with E-state index in [0.29, 0.717) is 17.4 Å². The van der Waals surface area contributed by atoms with E-state index >= 15 is 0 Å². The fraction of sp³-hybridized carbons (Fsp3) is 0.727. The van der Waals surface area contributed by atoms with Gasteiger partial charge in [-0.1, -0.05) is 366 Å². The maximum absolute atomic E-state index is 12.9. The zero-order valence-corrected chi connectivity index (χ0v) is 65.3.